The molecule has 0 aliphatic heterocycles. The van der Waals surface area contributed by atoms with E-state index in [4.69, 9.17) is 18.0 Å². The molecule has 0 spiro atoms. The van der Waals surface area contributed by atoms with Crippen molar-refractivity contribution in [3.8, 4) is 0 Å². The van der Waals surface area contributed by atoms with Gasteiger partial charge in [-0.15, -0.1) is 11.3 Å². The van der Waals surface area contributed by atoms with E-state index >= 15 is 0 Å². The second-order valence-corrected chi connectivity index (χ2v) is 4.62. The molecule has 0 amide bonds. The average molecular weight is 236 g/mol. The molecular formula is C6H6BrNS2. The minimum atomic E-state index is 0.541. The first-order chi connectivity index (χ1) is 4.70. The molecule has 10 heavy (non-hydrogen) atoms. The molecule has 0 radical (unpaired) electrons. The molecule has 0 fully saturated rings. The Kier molecular flexibility index (Phi) is 2.82. The van der Waals surface area contributed by atoms with Crippen LogP contribution in [0.1, 0.15) is 5.56 Å². The number of hydrogen-bond donors (Lipinski definition) is 1. The summed E-state index contributed by atoms with van der Waals surface area (Å²) >= 11 is 9.81. The Morgan fingerprint density at radius 3 is 2.90 bits per heavy atom. The molecule has 0 saturated carbocycles. The Labute approximate surface area is 77.4 Å². The van der Waals surface area contributed by atoms with Gasteiger partial charge in [0.25, 0.3) is 0 Å². The first kappa shape index (κ1) is 8.17. The fraction of sp³-hybridized carbons (Fsp3) is 0.167. The maximum atomic E-state index is 5.37. The molecule has 2 N–H and O–H groups in total. The van der Waals surface area contributed by atoms with Crippen molar-refractivity contribution in [3.63, 3.8) is 0 Å². The number of hydrogen-bond acceptors (Lipinski definition) is 2. The highest BCUT2D eigenvalue weighted by Crippen LogP contribution is 2.23. The second-order valence-electron chi connectivity index (χ2n) is 1.86. The molecule has 0 saturated heterocycles. The predicted octanol–water partition coefficient (Wildman–Crippen LogP) is 2.34. The van der Waals surface area contributed by atoms with Crippen LogP contribution < -0.4 is 5.73 Å². The van der Waals surface area contributed by atoms with Crippen molar-refractivity contribution in [1.29, 1.82) is 0 Å². The third-order valence-electron chi connectivity index (χ3n) is 1.06. The SMILES string of the molecule is NC(=S)Cc1ccsc1Br. The molecule has 0 bridgehead atoms. The highest BCUT2D eigenvalue weighted by Gasteiger charge is 2.00. The normalized spacial score (nSPS) is 9.70. The molecule has 0 aliphatic carbocycles. The molecule has 0 unspecified atom stereocenters. The molecule has 1 aromatic rings. The fourth-order valence-electron chi connectivity index (χ4n) is 0.633. The summed E-state index contributed by atoms with van der Waals surface area (Å²) in [5, 5.41) is 2.01. The van der Waals surface area contributed by atoms with Crippen molar-refractivity contribution < 1.29 is 0 Å². The van der Waals surface area contributed by atoms with Gasteiger partial charge in [0.15, 0.2) is 0 Å². The standard InChI is InChI=1S/C6H6BrNS2/c7-6-4(1-2-10-6)3-5(8)9/h1-2H,3H2,(H2,8,9). The Morgan fingerprint density at radius 1 is 1.80 bits per heavy atom. The van der Waals surface area contributed by atoms with Gasteiger partial charge in [-0.2, -0.15) is 0 Å². The zero-order chi connectivity index (χ0) is 7.56. The lowest BCUT2D eigenvalue weighted by Gasteiger charge is -1.93. The summed E-state index contributed by atoms with van der Waals surface area (Å²) in [6.45, 7) is 0. The van der Waals surface area contributed by atoms with Crippen molar-refractivity contribution >= 4 is 44.5 Å². The predicted molar refractivity (Wildman–Crippen MR) is 52.5 cm³/mol. The first-order valence-corrected chi connectivity index (χ1v) is 4.78. The van der Waals surface area contributed by atoms with Crippen LogP contribution in [0.25, 0.3) is 0 Å². The number of thiocarbonyl (C=S) groups is 1. The lowest BCUT2D eigenvalue weighted by Crippen LogP contribution is -2.10. The van der Waals surface area contributed by atoms with Crippen LogP contribution in [0, 0.1) is 0 Å². The van der Waals surface area contributed by atoms with Gasteiger partial charge in [-0.05, 0) is 32.9 Å². The zero-order valence-electron chi connectivity index (χ0n) is 5.13. The third kappa shape index (κ3) is 2.04. The summed E-state index contributed by atoms with van der Waals surface area (Å²) in [7, 11) is 0. The topological polar surface area (TPSA) is 26.0 Å². The number of thiophene rings is 1. The minimum Gasteiger partial charge on any atom is -0.393 e. The van der Waals surface area contributed by atoms with Crippen molar-refractivity contribution in [2.24, 2.45) is 5.73 Å². The molecule has 1 nitrogen and oxygen atoms in total. The molecule has 54 valence electrons. The quantitative estimate of drug-likeness (QED) is 0.797. The van der Waals surface area contributed by atoms with E-state index in [9.17, 15) is 0 Å². The average Bonchev–Trinajstić information content (AvgIpc) is 2.15. The lowest BCUT2D eigenvalue weighted by atomic mass is 10.2. The maximum Gasteiger partial charge on any atom is 0.0772 e. The molecule has 0 aromatic carbocycles. The Morgan fingerprint density at radius 2 is 2.50 bits per heavy atom. The summed E-state index contributed by atoms with van der Waals surface area (Å²) < 4.78 is 1.13. The minimum absolute atomic E-state index is 0.541. The van der Waals surface area contributed by atoms with E-state index in [0.29, 0.717) is 11.4 Å². The molecule has 0 atom stereocenters. The van der Waals surface area contributed by atoms with E-state index in [1.54, 1.807) is 11.3 Å². The number of rotatable bonds is 2. The van der Waals surface area contributed by atoms with E-state index in [1.807, 2.05) is 11.4 Å². The van der Waals surface area contributed by atoms with Gasteiger partial charge in [-0.1, -0.05) is 12.2 Å². The summed E-state index contributed by atoms with van der Waals surface area (Å²) in [5.41, 5.74) is 6.55. The zero-order valence-corrected chi connectivity index (χ0v) is 8.35. The largest absolute Gasteiger partial charge is 0.393 e. The van der Waals surface area contributed by atoms with Crippen LogP contribution in [0.4, 0.5) is 0 Å². The Hall–Kier alpha value is 0.0700. The number of nitrogens with two attached hydrogens (primary N) is 1. The van der Waals surface area contributed by atoms with Crippen molar-refractivity contribution in [1.82, 2.24) is 0 Å². The smallest absolute Gasteiger partial charge is 0.0772 e. The van der Waals surface area contributed by atoms with Gasteiger partial charge < -0.3 is 5.73 Å². The van der Waals surface area contributed by atoms with Crippen LogP contribution in [-0.2, 0) is 6.42 Å². The van der Waals surface area contributed by atoms with Gasteiger partial charge in [-0.3, -0.25) is 0 Å². The molecule has 1 rings (SSSR count). The van der Waals surface area contributed by atoms with Gasteiger partial charge in [-0.25, -0.2) is 0 Å². The van der Waals surface area contributed by atoms with Crippen LogP contribution in [0.5, 0.6) is 0 Å². The van der Waals surface area contributed by atoms with Crippen LogP contribution in [0.15, 0.2) is 15.2 Å². The maximum absolute atomic E-state index is 5.37. The van der Waals surface area contributed by atoms with E-state index in [-0.39, 0.29) is 0 Å². The summed E-state index contributed by atoms with van der Waals surface area (Å²) in [5.74, 6) is 0. The van der Waals surface area contributed by atoms with E-state index < -0.39 is 0 Å². The van der Waals surface area contributed by atoms with E-state index in [0.717, 1.165) is 3.79 Å². The van der Waals surface area contributed by atoms with Gasteiger partial charge in [0.1, 0.15) is 0 Å². The van der Waals surface area contributed by atoms with Crippen LogP contribution in [-0.4, -0.2) is 4.99 Å². The third-order valence-corrected chi connectivity index (χ3v) is 3.01. The van der Waals surface area contributed by atoms with Crippen molar-refractivity contribution in [2.45, 2.75) is 6.42 Å². The first-order valence-electron chi connectivity index (χ1n) is 2.70. The Balaban J connectivity index is 2.74. The molecular weight excluding hydrogens is 230 g/mol. The lowest BCUT2D eigenvalue weighted by molar-refractivity contribution is 1.35. The highest BCUT2D eigenvalue weighted by molar-refractivity contribution is 9.11. The summed E-state index contributed by atoms with van der Waals surface area (Å²) in [6, 6.07) is 2.02. The van der Waals surface area contributed by atoms with E-state index in [1.165, 1.54) is 5.56 Å². The summed E-state index contributed by atoms with van der Waals surface area (Å²) in [4.78, 5) is 0.541. The second kappa shape index (κ2) is 3.46. The van der Waals surface area contributed by atoms with Crippen LogP contribution in [0.2, 0.25) is 0 Å². The van der Waals surface area contributed by atoms with Gasteiger partial charge in [0.05, 0.1) is 8.77 Å². The molecule has 1 aromatic heterocycles. The van der Waals surface area contributed by atoms with E-state index in [2.05, 4.69) is 15.9 Å². The van der Waals surface area contributed by atoms with Gasteiger partial charge in [0, 0.05) is 6.42 Å². The van der Waals surface area contributed by atoms with Crippen molar-refractivity contribution in [2.75, 3.05) is 0 Å². The highest BCUT2D eigenvalue weighted by atomic mass is 79.9. The monoisotopic (exact) mass is 235 g/mol. The van der Waals surface area contributed by atoms with Crippen LogP contribution >= 0.6 is 39.5 Å². The van der Waals surface area contributed by atoms with Crippen molar-refractivity contribution in [3.05, 3.63) is 20.8 Å². The Bertz CT molecular complexity index is 244. The van der Waals surface area contributed by atoms with Gasteiger partial charge in [0.2, 0.25) is 0 Å². The fourth-order valence-corrected chi connectivity index (χ4v) is 2.03. The van der Waals surface area contributed by atoms with Crippen LogP contribution in [0.3, 0.4) is 0 Å². The molecule has 1 heterocycles. The number of halogens is 1. The van der Waals surface area contributed by atoms with Gasteiger partial charge >= 0.3 is 0 Å². The molecule has 4 heteroatoms. The summed E-state index contributed by atoms with van der Waals surface area (Å²) in [6.07, 6.45) is 0.694. The molecule has 0 aliphatic rings.